The number of likely N-dealkylation sites (tertiary alicyclic amines) is 1. The predicted molar refractivity (Wildman–Crippen MR) is 82.8 cm³/mol. The highest BCUT2D eigenvalue weighted by atomic mass is 16.2. The highest BCUT2D eigenvalue weighted by Gasteiger charge is 2.24. The molecule has 1 aromatic carbocycles. The third-order valence-electron chi connectivity index (χ3n) is 3.97. The van der Waals surface area contributed by atoms with Crippen LogP contribution in [0, 0.1) is 0 Å². The van der Waals surface area contributed by atoms with E-state index in [0.717, 1.165) is 38.8 Å². The molecule has 0 unspecified atom stereocenters. The van der Waals surface area contributed by atoms with Crippen LogP contribution in [0.15, 0.2) is 30.3 Å². The highest BCUT2D eigenvalue weighted by Crippen LogP contribution is 2.15. The molecule has 0 aromatic heterocycles. The van der Waals surface area contributed by atoms with Gasteiger partial charge in [0.15, 0.2) is 0 Å². The first-order chi connectivity index (χ1) is 9.57. The molecule has 0 spiro atoms. The molecule has 1 aromatic rings. The van der Waals surface area contributed by atoms with Gasteiger partial charge in [0.05, 0.1) is 0 Å². The number of hydrogen-bond acceptors (Lipinski definition) is 1. The van der Waals surface area contributed by atoms with E-state index in [1.807, 2.05) is 11.0 Å². The third-order valence-corrected chi connectivity index (χ3v) is 3.97. The molecular weight excluding hydrogens is 248 g/mol. The zero-order chi connectivity index (χ0) is 14.4. The van der Waals surface area contributed by atoms with Gasteiger partial charge in [0.1, 0.15) is 0 Å². The number of carbonyl (C=O) groups excluding carboxylic acids is 1. The summed E-state index contributed by atoms with van der Waals surface area (Å²) < 4.78 is 0. The number of nitrogens with one attached hydrogen (secondary N) is 1. The molecule has 0 atom stereocenters. The second-order valence-electron chi connectivity index (χ2n) is 6.35. The minimum absolute atomic E-state index is 0.0998. The monoisotopic (exact) mass is 274 g/mol. The molecule has 0 aliphatic carbocycles. The van der Waals surface area contributed by atoms with E-state index in [-0.39, 0.29) is 11.6 Å². The molecule has 3 heteroatoms. The molecule has 0 radical (unpaired) electrons. The minimum atomic E-state index is -0.162. The molecule has 0 saturated carbocycles. The van der Waals surface area contributed by atoms with Gasteiger partial charge in [-0.05, 0) is 51.5 Å². The number of carbonyl (C=O) groups is 1. The molecule has 110 valence electrons. The van der Waals surface area contributed by atoms with Gasteiger partial charge in [0.25, 0.3) is 0 Å². The summed E-state index contributed by atoms with van der Waals surface area (Å²) in [6, 6.07) is 10.5. The highest BCUT2D eigenvalue weighted by molar-refractivity contribution is 5.75. The van der Waals surface area contributed by atoms with E-state index in [9.17, 15) is 4.79 Å². The summed E-state index contributed by atoms with van der Waals surface area (Å²) in [6.45, 7) is 6.02. The fourth-order valence-corrected chi connectivity index (χ4v) is 2.63. The molecule has 1 aliphatic heterocycles. The summed E-state index contributed by atoms with van der Waals surface area (Å²) in [5.41, 5.74) is 1.16. The van der Waals surface area contributed by atoms with E-state index in [4.69, 9.17) is 0 Å². The molecular formula is C17H26N2O. The molecule has 1 aliphatic rings. The van der Waals surface area contributed by atoms with E-state index in [0.29, 0.717) is 0 Å². The van der Waals surface area contributed by atoms with Crippen molar-refractivity contribution in [3.05, 3.63) is 35.9 Å². The van der Waals surface area contributed by atoms with Gasteiger partial charge >= 0.3 is 6.03 Å². The molecule has 2 rings (SSSR count). The van der Waals surface area contributed by atoms with E-state index in [1.165, 1.54) is 12.0 Å². The number of nitrogens with zero attached hydrogens (tertiary/aromatic N) is 1. The molecule has 0 bridgehead atoms. The Bertz CT molecular complexity index is 422. The summed E-state index contributed by atoms with van der Waals surface area (Å²) in [5.74, 6) is 0. The van der Waals surface area contributed by atoms with Crippen LogP contribution < -0.4 is 5.32 Å². The Balaban J connectivity index is 1.82. The summed E-state index contributed by atoms with van der Waals surface area (Å²) in [7, 11) is 0. The SMILES string of the molecule is CC(C)(CCc1ccccc1)NC(=O)N1CCCCC1. The topological polar surface area (TPSA) is 32.3 Å². The average molecular weight is 274 g/mol. The van der Waals surface area contributed by atoms with Crippen LogP contribution in [0.1, 0.15) is 45.1 Å². The van der Waals surface area contributed by atoms with Crippen molar-refractivity contribution in [3.63, 3.8) is 0 Å². The molecule has 1 fully saturated rings. The van der Waals surface area contributed by atoms with Crippen molar-refractivity contribution in [1.82, 2.24) is 10.2 Å². The zero-order valence-corrected chi connectivity index (χ0v) is 12.7. The first-order valence-electron chi connectivity index (χ1n) is 7.68. The lowest BCUT2D eigenvalue weighted by molar-refractivity contribution is 0.174. The quantitative estimate of drug-likeness (QED) is 0.894. The zero-order valence-electron chi connectivity index (χ0n) is 12.7. The van der Waals surface area contributed by atoms with Gasteiger partial charge in [0, 0.05) is 18.6 Å². The standard InChI is InChI=1S/C17H26N2O/c1-17(2,12-11-15-9-5-3-6-10-15)18-16(20)19-13-7-4-8-14-19/h3,5-6,9-10H,4,7-8,11-14H2,1-2H3,(H,18,20). The predicted octanol–water partition coefficient (Wildman–Crippen LogP) is 3.59. The number of aryl methyl sites for hydroxylation is 1. The maximum absolute atomic E-state index is 12.2. The lowest BCUT2D eigenvalue weighted by Crippen LogP contribution is -2.51. The minimum Gasteiger partial charge on any atom is -0.333 e. The summed E-state index contributed by atoms with van der Waals surface area (Å²) in [5, 5.41) is 3.18. The van der Waals surface area contributed by atoms with Crippen molar-refractivity contribution in [3.8, 4) is 0 Å². The number of rotatable bonds is 4. The van der Waals surface area contributed by atoms with Gasteiger partial charge in [-0.25, -0.2) is 4.79 Å². The van der Waals surface area contributed by atoms with Crippen molar-refractivity contribution in [2.45, 2.75) is 51.5 Å². The lowest BCUT2D eigenvalue weighted by atomic mass is 9.95. The van der Waals surface area contributed by atoms with Crippen LogP contribution in [0.3, 0.4) is 0 Å². The normalized spacial score (nSPS) is 16.0. The smallest absolute Gasteiger partial charge is 0.317 e. The van der Waals surface area contributed by atoms with Gasteiger partial charge in [0.2, 0.25) is 0 Å². The summed E-state index contributed by atoms with van der Waals surface area (Å²) in [6.07, 6.45) is 5.47. The van der Waals surface area contributed by atoms with Gasteiger partial charge in [-0.3, -0.25) is 0 Å². The Hall–Kier alpha value is -1.51. The van der Waals surface area contributed by atoms with Crippen molar-refractivity contribution < 1.29 is 4.79 Å². The number of benzene rings is 1. The van der Waals surface area contributed by atoms with E-state index < -0.39 is 0 Å². The number of amides is 2. The van der Waals surface area contributed by atoms with Gasteiger partial charge in [-0.2, -0.15) is 0 Å². The van der Waals surface area contributed by atoms with Crippen LogP contribution >= 0.6 is 0 Å². The molecule has 1 heterocycles. The maximum Gasteiger partial charge on any atom is 0.317 e. The van der Waals surface area contributed by atoms with Crippen molar-refractivity contribution >= 4 is 6.03 Å². The van der Waals surface area contributed by atoms with Crippen LogP contribution in [-0.4, -0.2) is 29.6 Å². The van der Waals surface area contributed by atoms with Gasteiger partial charge in [-0.15, -0.1) is 0 Å². The van der Waals surface area contributed by atoms with E-state index in [1.54, 1.807) is 0 Å². The van der Waals surface area contributed by atoms with Crippen molar-refractivity contribution in [2.24, 2.45) is 0 Å². The second kappa shape index (κ2) is 6.78. The van der Waals surface area contributed by atoms with Gasteiger partial charge in [-0.1, -0.05) is 30.3 Å². The summed E-state index contributed by atoms with van der Waals surface area (Å²) >= 11 is 0. The number of urea groups is 1. The van der Waals surface area contributed by atoms with Crippen LogP contribution in [0.25, 0.3) is 0 Å². The Morgan fingerprint density at radius 3 is 2.45 bits per heavy atom. The average Bonchev–Trinajstić information content (AvgIpc) is 2.47. The maximum atomic E-state index is 12.2. The Morgan fingerprint density at radius 2 is 1.80 bits per heavy atom. The first-order valence-corrected chi connectivity index (χ1v) is 7.68. The molecule has 3 nitrogen and oxygen atoms in total. The fourth-order valence-electron chi connectivity index (χ4n) is 2.63. The van der Waals surface area contributed by atoms with E-state index in [2.05, 4.69) is 43.4 Å². The van der Waals surface area contributed by atoms with Crippen LogP contribution in [-0.2, 0) is 6.42 Å². The Kier molecular flexibility index (Phi) is 5.05. The van der Waals surface area contributed by atoms with Crippen molar-refractivity contribution in [2.75, 3.05) is 13.1 Å². The Labute approximate surface area is 122 Å². The van der Waals surface area contributed by atoms with Crippen LogP contribution in [0.4, 0.5) is 4.79 Å². The fraction of sp³-hybridized carbons (Fsp3) is 0.588. The first kappa shape index (κ1) is 14.9. The lowest BCUT2D eigenvalue weighted by Gasteiger charge is -2.33. The molecule has 2 amide bonds. The number of piperidine rings is 1. The molecule has 1 N–H and O–H groups in total. The van der Waals surface area contributed by atoms with Crippen LogP contribution in [0.5, 0.6) is 0 Å². The third kappa shape index (κ3) is 4.55. The second-order valence-corrected chi connectivity index (χ2v) is 6.35. The number of hydrogen-bond donors (Lipinski definition) is 1. The molecule has 1 saturated heterocycles. The molecule has 20 heavy (non-hydrogen) atoms. The summed E-state index contributed by atoms with van der Waals surface area (Å²) in [4.78, 5) is 14.2. The van der Waals surface area contributed by atoms with Crippen molar-refractivity contribution in [1.29, 1.82) is 0 Å². The van der Waals surface area contributed by atoms with Crippen LogP contribution in [0.2, 0.25) is 0 Å². The Morgan fingerprint density at radius 1 is 1.15 bits per heavy atom. The van der Waals surface area contributed by atoms with Gasteiger partial charge < -0.3 is 10.2 Å². The van der Waals surface area contributed by atoms with E-state index >= 15 is 0 Å². The largest absolute Gasteiger partial charge is 0.333 e.